The van der Waals surface area contributed by atoms with Crippen LogP contribution in [-0.2, 0) is 6.54 Å². The average molecular weight is 287 g/mol. The van der Waals surface area contributed by atoms with Gasteiger partial charge in [-0.05, 0) is 24.6 Å². The number of nitrogens with one attached hydrogen (secondary N) is 1. The Hall–Kier alpha value is -2.96. The highest BCUT2D eigenvalue weighted by Gasteiger charge is 2.10. The Morgan fingerprint density at radius 2 is 1.67 bits per heavy atom. The van der Waals surface area contributed by atoms with Crippen molar-refractivity contribution in [1.82, 2.24) is 0 Å². The third kappa shape index (κ3) is 3.53. The van der Waals surface area contributed by atoms with Crippen molar-refractivity contribution in [2.45, 2.75) is 13.5 Å². The predicted octanol–water partition coefficient (Wildman–Crippen LogP) is 3.42. The summed E-state index contributed by atoms with van der Waals surface area (Å²) >= 11 is 0. The maximum absolute atomic E-state index is 10.7. The van der Waals surface area contributed by atoms with E-state index in [1.807, 2.05) is 0 Å². The first-order chi connectivity index (χ1) is 9.97. The molecule has 0 unspecified atom stereocenters. The zero-order valence-corrected chi connectivity index (χ0v) is 11.3. The molecule has 2 rings (SSSR count). The van der Waals surface area contributed by atoms with E-state index in [-0.39, 0.29) is 11.4 Å². The largest absolute Gasteiger partial charge is 0.381 e. The molecule has 0 radical (unpaired) electrons. The first-order valence-electron chi connectivity index (χ1n) is 6.19. The third-order valence-corrected chi connectivity index (χ3v) is 3.04. The molecule has 2 aromatic carbocycles. The van der Waals surface area contributed by atoms with Crippen LogP contribution in [0.25, 0.3) is 0 Å². The van der Waals surface area contributed by atoms with Gasteiger partial charge in [0.1, 0.15) is 0 Å². The van der Waals surface area contributed by atoms with Crippen molar-refractivity contribution in [1.29, 1.82) is 0 Å². The zero-order chi connectivity index (χ0) is 15.4. The highest BCUT2D eigenvalue weighted by atomic mass is 16.6. The number of aryl methyl sites for hydroxylation is 1. The van der Waals surface area contributed by atoms with Crippen LogP contribution in [0.1, 0.15) is 11.1 Å². The number of nitrogens with zero attached hydrogens (tertiary/aromatic N) is 2. The fourth-order valence-electron chi connectivity index (χ4n) is 1.91. The van der Waals surface area contributed by atoms with Crippen molar-refractivity contribution in [2.75, 3.05) is 5.32 Å². The Kier molecular flexibility index (Phi) is 4.13. The lowest BCUT2D eigenvalue weighted by Crippen LogP contribution is -2.00. The number of anilines is 1. The molecule has 0 aliphatic rings. The van der Waals surface area contributed by atoms with E-state index >= 15 is 0 Å². The Morgan fingerprint density at radius 3 is 2.19 bits per heavy atom. The summed E-state index contributed by atoms with van der Waals surface area (Å²) in [5.74, 6) is 0. The van der Waals surface area contributed by atoms with Gasteiger partial charge in [0.15, 0.2) is 0 Å². The molecule has 21 heavy (non-hydrogen) atoms. The molecule has 0 fully saturated rings. The topological polar surface area (TPSA) is 98.3 Å². The van der Waals surface area contributed by atoms with E-state index in [2.05, 4.69) is 5.32 Å². The van der Waals surface area contributed by atoms with E-state index in [0.717, 1.165) is 11.3 Å². The molecular formula is C14H13N3O4. The Balaban J connectivity index is 2.04. The van der Waals surface area contributed by atoms with E-state index in [9.17, 15) is 20.2 Å². The van der Waals surface area contributed by atoms with Crippen LogP contribution < -0.4 is 5.32 Å². The molecular weight excluding hydrogens is 274 g/mol. The quantitative estimate of drug-likeness (QED) is 0.671. The number of hydrogen-bond acceptors (Lipinski definition) is 5. The maximum Gasteiger partial charge on any atom is 0.272 e. The summed E-state index contributed by atoms with van der Waals surface area (Å²) in [6.45, 7) is 2.16. The molecule has 0 aromatic heterocycles. The molecule has 2 aromatic rings. The number of nitro groups is 2. The monoisotopic (exact) mass is 287 g/mol. The van der Waals surface area contributed by atoms with E-state index in [1.165, 1.54) is 18.2 Å². The predicted molar refractivity (Wildman–Crippen MR) is 78.3 cm³/mol. The standard InChI is InChI=1S/C14H13N3O4/c1-10-8-12(4-7-14(10)17(20)21)15-9-11-2-5-13(6-3-11)16(18)19/h2-8,15H,9H2,1H3. The summed E-state index contributed by atoms with van der Waals surface area (Å²) in [4.78, 5) is 20.4. The second-order valence-electron chi connectivity index (χ2n) is 4.54. The van der Waals surface area contributed by atoms with Crippen molar-refractivity contribution < 1.29 is 9.85 Å². The van der Waals surface area contributed by atoms with Crippen LogP contribution in [0.5, 0.6) is 0 Å². The summed E-state index contributed by atoms with van der Waals surface area (Å²) < 4.78 is 0. The van der Waals surface area contributed by atoms with Crippen LogP contribution in [0.15, 0.2) is 42.5 Å². The van der Waals surface area contributed by atoms with E-state index < -0.39 is 9.85 Å². The second-order valence-corrected chi connectivity index (χ2v) is 4.54. The summed E-state index contributed by atoms with van der Waals surface area (Å²) in [7, 11) is 0. The van der Waals surface area contributed by atoms with Gasteiger partial charge >= 0.3 is 0 Å². The number of rotatable bonds is 5. The lowest BCUT2D eigenvalue weighted by atomic mass is 10.1. The fourth-order valence-corrected chi connectivity index (χ4v) is 1.91. The molecule has 0 aliphatic heterocycles. The Labute approximate surface area is 120 Å². The van der Waals surface area contributed by atoms with Crippen molar-refractivity contribution >= 4 is 17.1 Å². The van der Waals surface area contributed by atoms with Gasteiger partial charge in [-0.15, -0.1) is 0 Å². The van der Waals surface area contributed by atoms with Crippen LogP contribution in [0.2, 0.25) is 0 Å². The molecule has 0 spiro atoms. The number of nitro benzene ring substituents is 2. The van der Waals surface area contributed by atoms with Crippen molar-refractivity contribution in [3.63, 3.8) is 0 Å². The Morgan fingerprint density at radius 1 is 1.00 bits per heavy atom. The minimum absolute atomic E-state index is 0.0462. The highest BCUT2D eigenvalue weighted by molar-refractivity contribution is 5.53. The summed E-state index contributed by atoms with van der Waals surface area (Å²) in [6, 6.07) is 11.0. The number of non-ortho nitro benzene ring substituents is 1. The molecule has 0 atom stereocenters. The van der Waals surface area contributed by atoms with Crippen molar-refractivity contribution in [3.05, 3.63) is 73.8 Å². The van der Waals surface area contributed by atoms with Gasteiger partial charge in [-0.1, -0.05) is 12.1 Å². The first kappa shape index (κ1) is 14.4. The van der Waals surface area contributed by atoms with E-state index in [0.29, 0.717) is 12.1 Å². The average Bonchev–Trinajstić information content (AvgIpc) is 2.45. The molecule has 0 heterocycles. The molecule has 0 saturated carbocycles. The van der Waals surface area contributed by atoms with Crippen molar-refractivity contribution in [2.24, 2.45) is 0 Å². The van der Waals surface area contributed by atoms with Gasteiger partial charge in [0.2, 0.25) is 0 Å². The van der Waals surface area contributed by atoms with Crippen LogP contribution in [0.3, 0.4) is 0 Å². The lowest BCUT2D eigenvalue weighted by molar-refractivity contribution is -0.385. The zero-order valence-electron chi connectivity index (χ0n) is 11.3. The summed E-state index contributed by atoms with van der Waals surface area (Å²) in [5.41, 5.74) is 2.35. The molecule has 0 aliphatic carbocycles. The molecule has 7 nitrogen and oxygen atoms in total. The van der Waals surface area contributed by atoms with E-state index in [4.69, 9.17) is 0 Å². The maximum atomic E-state index is 10.7. The van der Waals surface area contributed by atoms with Gasteiger partial charge in [-0.25, -0.2) is 0 Å². The third-order valence-electron chi connectivity index (χ3n) is 3.04. The van der Waals surface area contributed by atoms with Crippen LogP contribution >= 0.6 is 0 Å². The van der Waals surface area contributed by atoms with Gasteiger partial charge in [0, 0.05) is 36.0 Å². The number of hydrogen-bond donors (Lipinski definition) is 1. The Bertz CT molecular complexity index is 683. The molecule has 1 N–H and O–H groups in total. The molecule has 108 valence electrons. The molecule has 0 bridgehead atoms. The minimum atomic E-state index is -0.448. The van der Waals surface area contributed by atoms with Gasteiger partial charge in [0.25, 0.3) is 11.4 Å². The summed E-state index contributed by atoms with van der Waals surface area (Å²) in [5, 5.41) is 24.4. The van der Waals surface area contributed by atoms with Gasteiger partial charge < -0.3 is 5.32 Å². The van der Waals surface area contributed by atoms with E-state index in [1.54, 1.807) is 31.2 Å². The van der Waals surface area contributed by atoms with Crippen LogP contribution in [-0.4, -0.2) is 9.85 Å². The fraction of sp³-hybridized carbons (Fsp3) is 0.143. The van der Waals surface area contributed by atoms with Crippen LogP contribution in [0.4, 0.5) is 17.1 Å². The van der Waals surface area contributed by atoms with Gasteiger partial charge in [-0.2, -0.15) is 0 Å². The van der Waals surface area contributed by atoms with Crippen molar-refractivity contribution in [3.8, 4) is 0 Å². The number of benzene rings is 2. The SMILES string of the molecule is Cc1cc(NCc2ccc([N+](=O)[O-])cc2)ccc1[N+](=O)[O-]. The smallest absolute Gasteiger partial charge is 0.272 e. The second kappa shape index (κ2) is 6.00. The van der Waals surface area contributed by atoms with Gasteiger partial charge in [-0.3, -0.25) is 20.2 Å². The normalized spacial score (nSPS) is 10.1. The molecule has 7 heteroatoms. The molecule has 0 amide bonds. The highest BCUT2D eigenvalue weighted by Crippen LogP contribution is 2.22. The summed E-state index contributed by atoms with van der Waals surface area (Å²) in [6.07, 6.45) is 0. The van der Waals surface area contributed by atoms with Crippen LogP contribution in [0, 0.1) is 27.2 Å². The van der Waals surface area contributed by atoms with Gasteiger partial charge in [0.05, 0.1) is 9.85 Å². The molecule has 0 saturated heterocycles. The minimum Gasteiger partial charge on any atom is -0.381 e. The first-order valence-corrected chi connectivity index (χ1v) is 6.19. The lowest BCUT2D eigenvalue weighted by Gasteiger charge is -2.07.